The molecule has 0 fully saturated rings. The van der Waals surface area contributed by atoms with Gasteiger partial charge in [-0.15, -0.1) is 0 Å². The first kappa shape index (κ1) is 18.4. The molecule has 2 aromatic rings. The van der Waals surface area contributed by atoms with Gasteiger partial charge < -0.3 is 11.1 Å². The monoisotopic (exact) mass is 362 g/mol. The molecule has 0 saturated heterocycles. The van der Waals surface area contributed by atoms with E-state index in [0.29, 0.717) is 6.04 Å². The molecule has 0 saturated carbocycles. The van der Waals surface area contributed by atoms with E-state index >= 15 is 0 Å². The zero-order chi connectivity index (χ0) is 18.8. The van der Waals surface area contributed by atoms with E-state index in [1.54, 1.807) is 11.1 Å². The first-order chi connectivity index (χ1) is 13.2. The number of nitrogens with one attached hydrogen (secondary N) is 1. The van der Waals surface area contributed by atoms with E-state index < -0.39 is 0 Å². The van der Waals surface area contributed by atoms with Crippen molar-refractivity contribution in [2.45, 2.75) is 84.1 Å². The van der Waals surface area contributed by atoms with Crippen molar-refractivity contribution in [2.75, 3.05) is 11.1 Å². The number of anilines is 2. The van der Waals surface area contributed by atoms with Crippen LogP contribution in [0.15, 0.2) is 24.3 Å². The van der Waals surface area contributed by atoms with Crippen molar-refractivity contribution < 1.29 is 0 Å². The number of aryl methyl sites for hydroxylation is 2. The van der Waals surface area contributed by atoms with Gasteiger partial charge in [0, 0.05) is 28.5 Å². The summed E-state index contributed by atoms with van der Waals surface area (Å²) in [4.78, 5) is 0. The molecule has 4 rings (SSSR count). The Morgan fingerprint density at radius 3 is 1.96 bits per heavy atom. The summed E-state index contributed by atoms with van der Waals surface area (Å²) in [6.45, 7) is 4.55. The molecule has 0 aliphatic heterocycles. The summed E-state index contributed by atoms with van der Waals surface area (Å²) in [5, 5.41) is 3.87. The molecule has 0 aromatic heterocycles. The summed E-state index contributed by atoms with van der Waals surface area (Å²) in [7, 11) is 0. The van der Waals surface area contributed by atoms with E-state index in [0.717, 1.165) is 18.5 Å². The number of benzene rings is 2. The van der Waals surface area contributed by atoms with Crippen LogP contribution >= 0.6 is 0 Å². The highest BCUT2D eigenvalue weighted by atomic mass is 14.9. The number of hydrogen-bond donors (Lipinski definition) is 2. The van der Waals surface area contributed by atoms with E-state index in [1.807, 2.05) is 0 Å². The Morgan fingerprint density at radius 1 is 0.778 bits per heavy atom. The minimum absolute atomic E-state index is 0.520. The third kappa shape index (κ3) is 3.47. The molecule has 0 spiro atoms. The van der Waals surface area contributed by atoms with Crippen LogP contribution < -0.4 is 11.1 Å². The van der Waals surface area contributed by atoms with Crippen molar-refractivity contribution >= 4 is 11.4 Å². The maximum absolute atomic E-state index is 6.65. The van der Waals surface area contributed by atoms with Gasteiger partial charge in [0.05, 0.1) is 0 Å². The number of rotatable bonds is 5. The largest absolute Gasteiger partial charge is 0.398 e. The molecule has 2 nitrogen and oxygen atoms in total. The van der Waals surface area contributed by atoms with Gasteiger partial charge in [-0.2, -0.15) is 0 Å². The van der Waals surface area contributed by atoms with Crippen molar-refractivity contribution in [1.82, 2.24) is 0 Å². The molecule has 0 atom stereocenters. The molecule has 2 heteroatoms. The Hall–Kier alpha value is -1.96. The molecule has 0 unspecified atom stereocenters. The van der Waals surface area contributed by atoms with Gasteiger partial charge in [0.25, 0.3) is 0 Å². The van der Waals surface area contributed by atoms with Gasteiger partial charge >= 0.3 is 0 Å². The average Bonchev–Trinajstić information content (AvgIpc) is 2.72. The van der Waals surface area contributed by atoms with E-state index in [2.05, 4.69) is 43.4 Å². The highest BCUT2D eigenvalue weighted by Gasteiger charge is 2.24. The van der Waals surface area contributed by atoms with Crippen molar-refractivity contribution in [2.24, 2.45) is 0 Å². The molecule has 0 heterocycles. The first-order valence-corrected chi connectivity index (χ1v) is 11.0. The number of nitrogen functional groups attached to an aromatic ring is 1. The lowest BCUT2D eigenvalue weighted by atomic mass is 9.79. The fraction of sp³-hybridized carbons (Fsp3) is 0.520. The normalized spacial score (nSPS) is 16.1. The third-order valence-corrected chi connectivity index (χ3v) is 6.69. The van der Waals surface area contributed by atoms with Crippen LogP contribution in [0.25, 0.3) is 11.1 Å². The van der Waals surface area contributed by atoms with Crippen LogP contribution in [-0.2, 0) is 25.7 Å². The molecule has 0 bridgehead atoms. The lowest BCUT2D eigenvalue weighted by Crippen LogP contribution is -2.19. The van der Waals surface area contributed by atoms with Crippen LogP contribution in [0, 0.1) is 0 Å². The van der Waals surface area contributed by atoms with E-state index in [-0.39, 0.29) is 0 Å². The molecular weight excluding hydrogens is 328 g/mol. The Kier molecular flexibility index (Phi) is 5.43. The highest BCUT2D eigenvalue weighted by molar-refractivity contribution is 5.91. The summed E-state index contributed by atoms with van der Waals surface area (Å²) in [5.74, 6) is 0. The summed E-state index contributed by atoms with van der Waals surface area (Å²) in [6, 6.07) is 9.65. The van der Waals surface area contributed by atoms with Crippen molar-refractivity contribution in [3.05, 3.63) is 46.5 Å². The fourth-order valence-electron chi connectivity index (χ4n) is 5.09. The molecule has 0 radical (unpaired) electrons. The van der Waals surface area contributed by atoms with Gasteiger partial charge in [0.15, 0.2) is 0 Å². The summed E-state index contributed by atoms with van der Waals surface area (Å²) in [5.41, 5.74) is 17.8. The van der Waals surface area contributed by atoms with E-state index in [1.165, 1.54) is 79.3 Å². The molecule has 2 aromatic carbocycles. The zero-order valence-corrected chi connectivity index (χ0v) is 17.0. The summed E-state index contributed by atoms with van der Waals surface area (Å²) >= 11 is 0. The van der Waals surface area contributed by atoms with E-state index in [9.17, 15) is 0 Å². The fourth-order valence-corrected chi connectivity index (χ4v) is 5.09. The molecular formula is C25H34N2. The second-order valence-electron chi connectivity index (χ2n) is 8.37. The Balaban J connectivity index is 1.93. The molecule has 27 heavy (non-hydrogen) atoms. The van der Waals surface area contributed by atoms with Crippen LogP contribution in [0.3, 0.4) is 0 Å². The van der Waals surface area contributed by atoms with Crippen molar-refractivity contribution in [3.8, 4) is 11.1 Å². The topological polar surface area (TPSA) is 38.0 Å². The van der Waals surface area contributed by atoms with Gasteiger partial charge in [0.1, 0.15) is 0 Å². The molecule has 3 N–H and O–H groups in total. The van der Waals surface area contributed by atoms with Gasteiger partial charge in [-0.1, -0.05) is 26.0 Å². The second kappa shape index (κ2) is 7.96. The quantitative estimate of drug-likeness (QED) is 0.613. The molecule has 2 aliphatic rings. The lowest BCUT2D eigenvalue weighted by Gasteiger charge is -2.29. The predicted molar refractivity (Wildman–Crippen MR) is 118 cm³/mol. The van der Waals surface area contributed by atoms with Crippen molar-refractivity contribution in [3.63, 3.8) is 0 Å². The van der Waals surface area contributed by atoms with Crippen LogP contribution in [0.1, 0.15) is 74.6 Å². The molecule has 0 amide bonds. The zero-order valence-electron chi connectivity index (χ0n) is 17.0. The van der Waals surface area contributed by atoms with Gasteiger partial charge in [-0.05, 0) is 98.6 Å². The third-order valence-electron chi connectivity index (χ3n) is 6.69. The standard InChI is InChI=1S/C25H34N2/c1-3-19(4-2)27-23-16-14-18-10-6-8-12-21(18)25(23)24-20-11-7-5-9-17(20)13-15-22(24)26/h13-16,19,27H,3-12,26H2,1-2H3. The SMILES string of the molecule is CCC(CC)Nc1ccc2c(c1-c1c(N)ccc3c1CCCC3)CCCC2. The number of fused-ring (bicyclic) bond motifs is 2. The number of nitrogens with two attached hydrogens (primary N) is 1. The average molecular weight is 363 g/mol. The molecule has 2 aliphatic carbocycles. The highest BCUT2D eigenvalue weighted by Crippen LogP contribution is 2.44. The van der Waals surface area contributed by atoms with Crippen LogP contribution in [0.5, 0.6) is 0 Å². The Bertz CT molecular complexity index is 818. The lowest BCUT2D eigenvalue weighted by molar-refractivity contribution is 0.668. The minimum Gasteiger partial charge on any atom is -0.398 e. The Morgan fingerprint density at radius 2 is 1.33 bits per heavy atom. The van der Waals surface area contributed by atoms with Crippen LogP contribution in [-0.4, -0.2) is 6.04 Å². The number of hydrogen-bond acceptors (Lipinski definition) is 2. The van der Waals surface area contributed by atoms with Gasteiger partial charge in [-0.25, -0.2) is 0 Å². The maximum atomic E-state index is 6.65. The van der Waals surface area contributed by atoms with Gasteiger partial charge in [0.2, 0.25) is 0 Å². The smallest absolute Gasteiger partial charge is 0.0425 e. The molecule has 144 valence electrons. The Labute approximate surface area is 164 Å². The van der Waals surface area contributed by atoms with Crippen LogP contribution in [0.4, 0.5) is 11.4 Å². The second-order valence-corrected chi connectivity index (χ2v) is 8.37. The first-order valence-electron chi connectivity index (χ1n) is 11.0. The van der Waals surface area contributed by atoms with Crippen molar-refractivity contribution in [1.29, 1.82) is 0 Å². The summed E-state index contributed by atoms with van der Waals surface area (Å²) < 4.78 is 0. The summed E-state index contributed by atoms with van der Waals surface area (Å²) in [6.07, 6.45) is 12.3. The predicted octanol–water partition coefficient (Wildman–Crippen LogP) is 6.29. The van der Waals surface area contributed by atoms with Crippen LogP contribution in [0.2, 0.25) is 0 Å². The minimum atomic E-state index is 0.520. The maximum Gasteiger partial charge on any atom is 0.0425 e. The van der Waals surface area contributed by atoms with E-state index in [4.69, 9.17) is 5.73 Å². The van der Waals surface area contributed by atoms with Gasteiger partial charge in [-0.3, -0.25) is 0 Å².